The molecule has 4 heteroatoms. The van der Waals surface area contributed by atoms with Gasteiger partial charge in [-0.1, -0.05) is 12.1 Å². The molecular formula is C17H26N2O2. The summed E-state index contributed by atoms with van der Waals surface area (Å²) in [4.78, 5) is 12.4. The highest BCUT2D eigenvalue weighted by molar-refractivity contribution is 5.86. The standard InChI is InChI=1S/C17H26N2O2/c1-12(2)21-15-8-5-7-14(11-15)13(3)19-16(20)17(4)9-6-10-18-17/h5,7-8,11-13,18H,6,9-10H2,1-4H3,(H,19,20). The number of rotatable bonds is 5. The molecule has 2 rings (SSSR count). The molecule has 21 heavy (non-hydrogen) atoms. The van der Waals surface area contributed by atoms with Crippen LogP contribution in [0, 0.1) is 0 Å². The molecule has 0 saturated carbocycles. The van der Waals surface area contributed by atoms with Gasteiger partial charge >= 0.3 is 0 Å². The van der Waals surface area contributed by atoms with Crippen LogP contribution in [0.3, 0.4) is 0 Å². The van der Waals surface area contributed by atoms with Crippen molar-refractivity contribution < 1.29 is 9.53 Å². The third-order valence-electron chi connectivity index (χ3n) is 3.95. The summed E-state index contributed by atoms with van der Waals surface area (Å²) in [6.07, 6.45) is 2.09. The van der Waals surface area contributed by atoms with E-state index >= 15 is 0 Å². The van der Waals surface area contributed by atoms with Crippen molar-refractivity contribution in [2.24, 2.45) is 0 Å². The summed E-state index contributed by atoms with van der Waals surface area (Å²) < 4.78 is 5.70. The summed E-state index contributed by atoms with van der Waals surface area (Å²) in [5, 5.41) is 6.39. The Morgan fingerprint density at radius 2 is 2.14 bits per heavy atom. The third kappa shape index (κ3) is 3.97. The number of ether oxygens (including phenoxy) is 1. The van der Waals surface area contributed by atoms with E-state index in [2.05, 4.69) is 10.6 Å². The molecule has 1 saturated heterocycles. The maximum Gasteiger partial charge on any atom is 0.240 e. The van der Waals surface area contributed by atoms with Gasteiger partial charge in [0.2, 0.25) is 5.91 Å². The third-order valence-corrected chi connectivity index (χ3v) is 3.95. The molecular weight excluding hydrogens is 264 g/mol. The van der Waals surface area contributed by atoms with Crippen molar-refractivity contribution in [2.75, 3.05) is 6.54 Å². The van der Waals surface area contributed by atoms with Gasteiger partial charge in [0.25, 0.3) is 0 Å². The Hall–Kier alpha value is -1.55. The van der Waals surface area contributed by atoms with Crippen molar-refractivity contribution in [3.63, 3.8) is 0 Å². The lowest BCUT2D eigenvalue weighted by molar-refractivity contribution is -0.127. The van der Waals surface area contributed by atoms with Crippen molar-refractivity contribution in [3.8, 4) is 5.75 Å². The molecule has 2 unspecified atom stereocenters. The summed E-state index contributed by atoms with van der Waals surface area (Å²) >= 11 is 0. The average Bonchev–Trinajstić information content (AvgIpc) is 2.86. The Morgan fingerprint density at radius 3 is 2.76 bits per heavy atom. The van der Waals surface area contributed by atoms with E-state index in [-0.39, 0.29) is 18.1 Å². The van der Waals surface area contributed by atoms with E-state index in [0.717, 1.165) is 30.7 Å². The van der Waals surface area contributed by atoms with Gasteiger partial charge in [-0.15, -0.1) is 0 Å². The molecule has 2 atom stereocenters. The summed E-state index contributed by atoms with van der Waals surface area (Å²) in [5.41, 5.74) is 0.628. The molecule has 116 valence electrons. The van der Waals surface area contributed by atoms with E-state index in [1.54, 1.807) is 0 Å². The van der Waals surface area contributed by atoms with E-state index in [1.807, 2.05) is 52.0 Å². The molecule has 0 aromatic heterocycles. The van der Waals surface area contributed by atoms with Gasteiger partial charge in [-0.2, -0.15) is 0 Å². The molecule has 2 N–H and O–H groups in total. The monoisotopic (exact) mass is 290 g/mol. The van der Waals surface area contributed by atoms with Crippen LogP contribution in [0.25, 0.3) is 0 Å². The maximum absolute atomic E-state index is 12.4. The molecule has 4 nitrogen and oxygen atoms in total. The molecule has 1 aliphatic heterocycles. The van der Waals surface area contributed by atoms with Crippen LogP contribution in [0.2, 0.25) is 0 Å². The second kappa shape index (κ2) is 6.48. The van der Waals surface area contributed by atoms with Gasteiger partial charge in [-0.05, 0) is 64.8 Å². The highest BCUT2D eigenvalue weighted by Crippen LogP contribution is 2.23. The lowest BCUT2D eigenvalue weighted by Gasteiger charge is -2.26. The van der Waals surface area contributed by atoms with Crippen LogP contribution in [-0.2, 0) is 4.79 Å². The van der Waals surface area contributed by atoms with Crippen LogP contribution in [0.1, 0.15) is 52.1 Å². The zero-order valence-electron chi connectivity index (χ0n) is 13.4. The van der Waals surface area contributed by atoms with Gasteiger partial charge in [0.05, 0.1) is 17.7 Å². The molecule has 1 aromatic carbocycles. The van der Waals surface area contributed by atoms with Crippen LogP contribution >= 0.6 is 0 Å². The summed E-state index contributed by atoms with van der Waals surface area (Å²) in [7, 11) is 0. The maximum atomic E-state index is 12.4. The highest BCUT2D eigenvalue weighted by Gasteiger charge is 2.36. The van der Waals surface area contributed by atoms with Crippen molar-refractivity contribution >= 4 is 5.91 Å². The number of benzene rings is 1. The highest BCUT2D eigenvalue weighted by atomic mass is 16.5. The predicted octanol–water partition coefficient (Wildman–Crippen LogP) is 2.79. The van der Waals surface area contributed by atoms with E-state index < -0.39 is 5.54 Å². The number of hydrogen-bond donors (Lipinski definition) is 2. The van der Waals surface area contributed by atoms with Crippen LogP contribution in [0.4, 0.5) is 0 Å². The van der Waals surface area contributed by atoms with Gasteiger partial charge in [-0.3, -0.25) is 4.79 Å². The lowest BCUT2D eigenvalue weighted by Crippen LogP contribution is -2.51. The number of nitrogens with one attached hydrogen (secondary N) is 2. The Labute approximate surface area is 127 Å². The van der Waals surface area contributed by atoms with Gasteiger partial charge in [0.15, 0.2) is 0 Å². The molecule has 1 heterocycles. The normalized spacial score (nSPS) is 23.1. The van der Waals surface area contributed by atoms with Gasteiger partial charge in [-0.25, -0.2) is 0 Å². The number of hydrogen-bond acceptors (Lipinski definition) is 3. The van der Waals surface area contributed by atoms with E-state index in [0.29, 0.717) is 0 Å². The number of amides is 1. The average molecular weight is 290 g/mol. The van der Waals surface area contributed by atoms with Crippen molar-refractivity contribution in [1.29, 1.82) is 0 Å². The van der Waals surface area contributed by atoms with Gasteiger partial charge in [0, 0.05) is 0 Å². The quantitative estimate of drug-likeness (QED) is 0.876. The Kier molecular flexibility index (Phi) is 4.88. The molecule has 1 aromatic rings. The summed E-state index contributed by atoms with van der Waals surface area (Å²) in [6.45, 7) is 8.90. The van der Waals surface area contributed by atoms with Crippen LogP contribution in [0.15, 0.2) is 24.3 Å². The first-order valence-corrected chi connectivity index (χ1v) is 7.73. The molecule has 0 spiro atoms. The zero-order valence-corrected chi connectivity index (χ0v) is 13.4. The minimum atomic E-state index is -0.430. The van der Waals surface area contributed by atoms with E-state index in [4.69, 9.17) is 4.74 Å². The first-order valence-electron chi connectivity index (χ1n) is 7.73. The predicted molar refractivity (Wildman–Crippen MR) is 84.4 cm³/mol. The SMILES string of the molecule is CC(C)Oc1cccc(C(C)NC(=O)C2(C)CCCN2)c1. The van der Waals surface area contributed by atoms with Crippen LogP contribution < -0.4 is 15.4 Å². The van der Waals surface area contributed by atoms with Crippen molar-refractivity contribution in [3.05, 3.63) is 29.8 Å². The smallest absolute Gasteiger partial charge is 0.240 e. The Morgan fingerprint density at radius 1 is 1.38 bits per heavy atom. The summed E-state index contributed by atoms with van der Waals surface area (Å²) in [6, 6.07) is 7.88. The number of carbonyl (C=O) groups excluding carboxylic acids is 1. The zero-order chi connectivity index (χ0) is 15.5. The molecule has 0 aliphatic carbocycles. The minimum Gasteiger partial charge on any atom is -0.491 e. The fourth-order valence-corrected chi connectivity index (χ4v) is 2.66. The molecule has 0 radical (unpaired) electrons. The summed E-state index contributed by atoms with van der Waals surface area (Å²) in [5.74, 6) is 0.913. The van der Waals surface area contributed by atoms with Gasteiger partial charge < -0.3 is 15.4 Å². The second-order valence-electron chi connectivity index (χ2n) is 6.30. The first kappa shape index (κ1) is 15.8. The lowest BCUT2D eigenvalue weighted by atomic mass is 9.98. The molecule has 0 bridgehead atoms. The first-order chi connectivity index (χ1) is 9.90. The molecule has 1 aliphatic rings. The van der Waals surface area contributed by atoms with Crippen molar-refractivity contribution in [2.45, 2.75) is 58.2 Å². The molecule has 1 fully saturated rings. The fraction of sp³-hybridized carbons (Fsp3) is 0.588. The van der Waals surface area contributed by atoms with Crippen LogP contribution in [-0.4, -0.2) is 24.1 Å². The number of carbonyl (C=O) groups is 1. The molecule has 1 amide bonds. The Balaban J connectivity index is 2.02. The van der Waals surface area contributed by atoms with E-state index in [9.17, 15) is 4.79 Å². The van der Waals surface area contributed by atoms with Gasteiger partial charge in [0.1, 0.15) is 5.75 Å². The Bertz CT molecular complexity index is 493. The van der Waals surface area contributed by atoms with E-state index in [1.165, 1.54) is 0 Å². The van der Waals surface area contributed by atoms with Crippen molar-refractivity contribution in [1.82, 2.24) is 10.6 Å². The second-order valence-corrected chi connectivity index (χ2v) is 6.30. The fourth-order valence-electron chi connectivity index (χ4n) is 2.66. The largest absolute Gasteiger partial charge is 0.491 e. The topological polar surface area (TPSA) is 50.4 Å². The van der Waals surface area contributed by atoms with Crippen LogP contribution in [0.5, 0.6) is 5.75 Å². The minimum absolute atomic E-state index is 0.0348.